The highest BCUT2D eigenvalue weighted by atomic mass is 35.5. The Morgan fingerprint density at radius 2 is 2.03 bits per heavy atom. The van der Waals surface area contributed by atoms with E-state index < -0.39 is 47.7 Å². The van der Waals surface area contributed by atoms with Crippen LogP contribution < -0.4 is 4.74 Å². The van der Waals surface area contributed by atoms with Gasteiger partial charge >= 0.3 is 6.18 Å². The second-order valence-electron chi connectivity index (χ2n) is 6.97. The van der Waals surface area contributed by atoms with Gasteiger partial charge in [-0.1, -0.05) is 0 Å². The summed E-state index contributed by atoms with van der Waals surface area (Å²) in [5.74, 6) is -4.50. The van der Waals surface area contributed by atoms with Crippen molar-refractivity contribution in [2.24, 2.45) is 0 Å². The highest BCUT2D eigenvalue weighted by Gasteiger charge is 2.39. The minimum atomic E-state index is -5.12. The van der Waals surface area contributed by atoms with Crippen molar-refractivity contribution < 1.29 is 36.2 Å². The van der Waals surface area contributed by atoms with Crippen LogP contribution in [-0.2, 0) is 15.7 Å². The lowest BCUT2D eigenvalue weighted by atomic mass is 10.0. The molecule has 1 unspecified atom stereocenters. The van der Waals surface area contributed by atoms with Crippen LogP contribution in [0.1, 0.15) is 31.1 Å². The molecule has 3 heterocycles. The summed E-state index contributed by atoms with van der Waals surface area (Å²) < 4.78 is 86.6. The van der Waals surface area contributed by atoms with Gasteiger partial charge < -0.3 is 14.2 Å². The Hall–Kier alpha value is -2.57. The van der Waals surface area contributed by atoms with Gasteiger partial charge in [0.05, 0.1) is 10.9 Å². The van der Waals surface area contributed by atoms with Crippen LogP contribution in [0.2, 0.25) is 5.28 Å². The molecule has 0 radical (unpaired) electrons. The topological polar surface area (TPSA) is 71.3 Å². The molecule has 4 rings (SSSR count). The molecule has 13 heteroatoms. The highest BCUT2D eigenvalue weighted by Crippen LogP contribution is 2.42. The Kier molecular flexibility index (Phi) is 6.19. The van der Waals surface area contributed by atoms with E-state index in [9.17, 15) is 17.6 Å². The number of aromatic nitrogens is 4. The maximum Gasteiger partial charge on any atom is 0.419 e. The van der Waals surface area contributed by atoms with E-state index in [0.29, 0.717) is 19.1 Å². The molecule has 1 aromatic carbocycles. The van der Waals surface area contributed by atoms with Crippen LogP contribution in [0.15, 0.2) is 12.3 Å². The molecule has 0 N–H and O–H groups in total. The first-order valence-electron chi connectivity index (χ1n) is 9.46. The van der Waals surface area contributed by atoms with Crippen LogP contribution in [-0.4, -0.2) is 40.3 Å². The zero-order chi connectivity index (χ0) is 23.0. The quantitative estimate of drug-likeness (QED) is 0.288. The molecular weight excluding hydrogens is 463 g/mol. The zero-order valence-electron chi connectivity index (χ0n) is 16.5. The van der Waals surface area contributed by atoms with Gasteiger partial charge in [0, 0.05) is 25.5 Å². The summed E-state index contributed by atoms with van der Waals surface area (Å²) in [7, 11) is 1.16. The predicted octanol–water partition coefficient (Wildman–Crippen LogP) is 5.13. The van der Waals surface area contributed by atoms with Crippen LogP contribution in [0.5, 0.6) is 5.75 Å². The summed E-state index contributed by atoms with van der Waals surface area (Å²) in [5, 5.41) is 4.25. The van der Waals surface area contributed by atoms with Crippen LogP contribution in [0.25, 0.3) is 22.3 Å². The van der Waals surface area contributed by atoms with Crippen molar-refractivity contribution in [3.05, 3.63) is 34.7 Å². The fourth-order valence-corrected chi connectivity index (χ4v) is 3.58. The predicted molar refractivity (Wildman–Crippen MR) is 102 cm³/mol. The Labute approximate surface area is 183 Å². The van der Waals surface area contributed by atoms with Crippen LogP contribution >= 0.6 is 11.6 Å². The van der Waals surface area contributed by atoms with E-state index in [1.807, 2.05) is 0 Å². The minimum absolute atomic E-state index is 0.111. The Balaban J connectivity index is 1.97. The lowest BCUT2D eigenvalue weighted by Gasteiger charge is -2.23. The third-order valence-electron chi connectivity index (χ3n) is 4.89. The van der Waals surface area contributed by atoms with Crippen molar-refractivity contribution in [1.29, 1.82) is 0 Å². The molecule has 0 spiro atoms. The molecule has 1 saturated heterocycles. The number of fused-ring (bicyclic) bond motifs is 1. The Bertz CT molecular complexity index is 1150. The molecule has 1 aliphatic heterocycles. The Morgan fingerprint density at radius 3 is 2.69 bits per heavy atom. The van der Waals surface area contributed by atoms with Crippen molar-refractivity contribution >= 4 is 22.6 Å². The monoisotopic (exact) mass is 478 g/mol. The number of methoxy groups -OCH3 is 1. The van der Waals surface area contributed by atoms with Crippen LogP contribution in [0.4, 0.5) is 22.0 Å². The molecular formula is C19H16ClF5N4O3. The highest BCUT2D eigenvalue weighted by molar-refractivity contribution is 6.28. The van der Waals surface area contributed by atoms with Gasteiger partial charge in [-0.05, 0) is 36.9 Å². The third-order valence-corrected chi connectivity index (χ3v) is 5.07. The third kappa shape index (κ3) is 4.09. The first-order chi connectivity index (χ1) is 15.2. The molecule has 0 saturated carbocycles. The van der Waals surface area contributed by atoms with Crippen molar-refractivity contribution in [3.8, 4) is 17.0 Å². The number of rotatable bonds is 5. The number of benzene rings is 1. The van der Waals surface area contributed by atoms with Gasteiger partial charge in [-0.2, -0.15) is 23.3 Å². The maximum absolute atomic E-state index is 15.2. The van der Waals surface area contributed by atoms with Gasteiger partial charge in [0.25, 0.3) is 0 Å². The lowest BCUT2D eigenvalue weighted by Crippen LogP contribution is -2.19. The van der Waals surface area contributed by atoms with Crippen molar-refractivity contribution in [2.75, 3.05) is 20.5 Å². The van der Waals surface area contributed by atoms with Crippen molar-refractivity contribution in [2.45, 2.75) is 31.7 Å². The number of hydrogen-bond acceptors (Lipinski definition) is 6. The summed E-state index contributed by atoms with van der Waals surface area (Å²) in [6.45, 7) is -0.225. The molecule has 172 valence electrons. The first kappa shape index (κ1) is 22.6. The van der Waals surface area contributed by atoms with Gasteiger partial charge in [0.15, 0.2) is 36.1 Å². The van der Waals surface area contributed by atoms with Gasteiger partial charge in [-0.3, -0.25) is 0 Å². The number of hydrogen-bond donors (Lipinski definition) is 0. The second kappa shape index (κ2) is 8.75. The lowest BCUT2D eigenvalue weighted by molar-refractivity contribution is -0.140. The number of halogens is 6. The second-order valence-corrected chi connectivity index (χ2v) is 7.31. The van der Waals surface area contributed by atoms with Gasteiger partial charge in [0.2, 0.25) is 5.28 Å². The van der Waals surface area contributed by atoms with Crippen LogP contribution in [0, 0.1) is 11.6 Å². The minimum Gasteiger partial charge on any atom is -0.461 e. The largest absolute Gasteiger partial charge is 0.461 e. The van der Waals surface area contributed by atoms with Gasteiger partial charge in [0.1, 0.15) is 5.69 Å². The smallest absolute Gasteiger partial charge is 0.419 e. The molecule has 1 fully saturated rings. The molecule has 3 aromatic rings. The van der Waals surface area contributed by atoms with E-state index in [1.54, 1.807) is 0 Å². The number of nitrogens with zero attached hydrogens (tertiary/aromatic N) is 4. The fourth-order valence-electron chi connectivity index (χ4n) is 3.45. The summed E-state index contributed by atoms with van der Waals surface area (Å²) >= 11 is 5.89. The summed E-state index contributed by atoms with van der Waals surface area (Å²) in [5.41, 5.74) is -2.46. The summed E-state index contributed by atoms with van der Waals surface area (Å²) in [6.07, 6.45) is -2.29. The average Bonchev–Trinajstić information content (AvgIpc) is 3.12. The molecule has 0 aliphatic carbocycles. The van der Waals surface area contributed by atoms with E-state index >= 15 is 4.39 Å². The Morgan fingerprint density at radius 1 is 1.25 bits per heavy atom. The fraction of sp³-hybridized carbons (Fsp3) is 0.421. The summed E-state index contributed by atoms with van der Waals surface area (Å²) in [6, 6.07) is 0.340. The standard InChI is InChI=1S/C19H16ClF5N4O3/c1-30-8-32-16-13(21)9(6-11(14(16)22)19(23,24)25)15-10-7-26-18(20)27-17(10)29(28-15)12-4-2-3-5-31-12/h6-7,12H,2-5,8H2,1H3. The first-order valence-corrected chi connectivity index (χ1v) is 9.83. The molecule has 32 heavy (non-hydrogen) atoms. The number of alkyl halides is 3. The molecule has 0 amide bonds. The molecule has 7 nitrogen and oxygen atoms in total. The zero-order valence-corrected chi connectivity index (χ0v) is 17.3. The summed E-state index contributed by atoms with van der Waals surface area (Å²) in [4.78, 5) is 7.92. The maximum atomic E-state index is 15.2. The SMILES string of the molecule is COCOc1c(F)c(-c2nn(C3CCCCO3)c3nc(Cl)ncc23)cc(C(F)(F)F)c1F. The molecule has 0 bridgehead atoms. The molecule has 1 atom stereocenters. The molecule has 1 aliphatic rings. The van der Waals surface area contributed by atoms with Crippen molar-refractivity contribution in [3.63, 3.8) is 0 Å². The number of ether oxygens (including phenoxy) is 3. The van der Waals surface area contributed by atoms with Gasteiger partial charge in [-0.15, -0.1) is 0 Å². The van der Waals surface area contributed by atoms with E-state index in [2.05, 4.69) is 19.8 Å². The van der Waals surface area contributed by atoms with Gasteiger partial charge in [-0.25, -0.2) is 18.4 Å². The normalized spacial score (nSPS) is 17.2. The van der Waals surface area contributed by atoms with E-state index in [1.165, 1.54) is 10.9 Å². The van der Waals surface area contributed by atoms with E-state index in [0.717, 1.165) is 20.0 Å². The van der Waals surface area contributed by atoms with Crippen LogP contribution in [0.3, 0.4) is 0 Å². The van der Waals surface area contributed by atoms with E-state index in [4.69, 9.17) is 21.1 Å². The average molecular weight is 479 g/mol. The molecule has 2 aromatic heterocycles. The van der Waals surface area contributed by atoms with Crippen molar-refractivity contribution in [1.82, 2.24) is 19.7 Å². The van der Waals surface area contributed by atoms with E-state index in [-0.39, 0.29) is 22.0 Å².